The van der Waals surface area contributed by atoms with Crippen LogP contribution in [0.2, 0.25) is 0 Å². The molecule has 3 aromatic carbocycles. The summed E-state index contributed by atoms with van der Waals surface area (Å²) in [6, 6.07) is 23.5. The van der Waals surface area contributed by atoms with E-state index in [1.54, 1.807) is 16.8 Å². The Morgan fingerprint density at radius 3 is 2.43 bits per heavy atom. The Bertz CT molecular complexity index is 1100. The first kappa shape index (κ1) is 17.9. The Morgan fingerprint density at radius 1 is 1.00 bits per heavy atom. The molecule has 0 aliphatic rings. The van der Waals surface area contributed by atoms with Gasteiger partial charge in [0.1, 0.15) is 17.6 Å². The van der Waals surface area contributed by atoms with Crippen LogP contribution in [-0.2, 0) is 11.3 Å². The van der Waals surface area contributed by atoms with Gasteiger partial charge in [0.25, 0.3) is 0 Å². The fourth-order valence-corrected chi connectivity index (χ4v) is 3.24. The monoisotopic (exact) mass is 373 g/mol. The minimum atomic E-state index is -0.484. The number of para-hydroxylation sites is 1. The van der Waals surface area contributed by atoms with Crippen molar-refractivity contribution in [2.24, 2.45) is 0 Å². The molecule has 28 heavy (non-hydrogen) atoms. The molecular formula is C23H20FN3O. The predicted octanol–water partition coefficient (Wildman–Crippen LogP) is 4.72. The van der Waals surface area contributed by atoms with E-state index in [1.807, 2.05) is 61.5 Å². The zero-order chi connectivity index (χ0) is 19.5. The highest BCUT2D eigenvalue weighted by Crippen LogP contribution is 2.29. The minimum Gasteiger partial charge on any atom is -0.350 e. The lowest BCUT2D eigenvalue weighted by molar-refractivity contribution is -0.124. The van der Waals surface area contributed by atoms with Crippen LogP contribution in [0, 0.1) is 5.82 Å². The Balaban J connectivity index is 1.61. The lowest BCUT2D eigenvalue weighted by Gasteiger charge is -2.14. The van der Waals surface area contributed by atoms with Crippen LogP contribution in [0.5, 0.6) is 0 Å². The number of aromatic nitrogens is 2. The Kier molecular flexibility index (Phi) is 4.89. The number of carbonyl (C=O) groups excluding carboxylic acids is 1. The van der Waals surface area contributed by atoms with E-state index in [4.69, 9.17) is 5.10 Å². The molecule has 0 saturated carbocycles. The number of hydrogen-bond donors (Lipinski definition) is 1. The lowest BCUT2D eigenvalue weighted by Crippen LogP contribution is -2.31. The summed E-state index contributed by atoms with van der Waals surface area (Å²) in [6.07, 6.45) is 0. The number of hydrogen-bond acceptors (Lipinski definition) is 2. The molecule has 0 aliphatic heterocycles. The second kappa shape index (κ2) is 7.64. The molecule has 4 nitrogen and oxygen atoms in total. The molecule has 0 spiro atoms. The summed E-state index contributed by atoms with van der Waals surface area (Å²) in [6.45, 7) is 2.17. The van der Waals surface area contributed by atoms with Crippen LogP contribution in [0.25, 0.3) is 22.2 Å². The van der Waals surface area contributed by atoms with E-state index in [0.717, 1.165) is 27.7 Å². The molecule has 1 N–H and O–H groups in total. The molecule has 1 aromatic heterocycles. The molecule has 1 heterocycles. The molecule has 5 heteroatoms. The molecule has 1 atom stereocenters. The van der Waals surface area contributed by atoms with Crippen molar-refractivity contribution in [2.45, 2.75) is 19.5 Å². The smallest absolute Gasteiger partial charge is 0.244 e. The highest BCUT2D eigenvalue weighted by Gasteiger charge is 2.20. The predicted molar refractivity (Wildman–Crippen MR) is 108 cm³/mol. The number of benzene rings is 3. The number of rotatable bonds is 5. The van der Waals surface area contributed by atoms with E-state index in [2.05, 4.69) is 5.32 Å². The Labute approximate surface area is 162 Å². The first-order chi connectivity index (χ1) is 13.6. The van der Waals surface area contributed by atoms with Crippen LogP contribution in [0.15, 0.2) is 78.9 Å². The molecule has 4 aromatic rings. The Hall–Kier alpha value is -3.47. The van der Waals surface area contributed by atoms with E-state index < -0.39 is 6.04 Å². The third kappa shape index (κ3) is 3.51. The van der Waals surface area contributed by atoms with Crippen molar-refractivity contribution < 1.29 is 9.18 Å². The summed E-state index contributed by atoms with van der Waals surface area (Å²) >= 11 is 0. The maximum absolute atomic E-state index is 13.0. The van der Waals surface area contributed by atoms with Crippen LogP contribution in [0.1, 0.15) is 18.5 Å². The standard InChI is InChI=1S/C23H20FN3O/c1-16(23(28)25-15-17-11-13-19(24)14-12-17)27-21-10-6-5-9-20(21)22(26-27)18-7-3-2-4-8-18/h2-14,16H,15H2,1H3,(H,25,28)/t16-/m0/s1. The van der Waals surface area contributed by atoms with E-state index in [-0.39, 0.29) is 11.7 Å². The lowest BCUT2D eigenvalue weighted by atomic mass is 10.1. The summed E-state index contributed by atoms with van der Waals surface area (Å²) in [7, 11) is 0. The molecule has 0 bridgehead atoms. The van der Waals surface area contributed by atoms with Gasteiger partial charge in [-0.15, -0.1) is 0 Å². The second-order valence-electron chi connectivity index (χ2n) is 6.70. The van der Waals surface area contributed by atoms with Crippen LogP contribution in [0.4, 0.5) is 4.39 Å². The summed E-state index contributed by atoms with van der Waals surface area (Å²) in [4.78, 5) is 12.7. The quantitative estimate of drug-likeness (QED) is 0.550. The molecule has 0 unspecified atom stereocenters. The van der Waals surface area contributed by atoms with Crippen molar-refractivity contribution in [2.75, 3.05) is 0 Å². The van der Waals surface area contributed by atoms with Crippen LogP contribution >= 0.6 is 0 Å². The fraction of sp³-hybridized carbons (Fsp3) is 0.130. The third-order valence-electron chi connectivity index (χ3n) is 4.79. The second-order valence-corrected chi connectivity index (χ2v) is 6.70. The Morgan fingerprint density at radius 2 is 1.68 bits per heavy atom. The van der Waals surface area contributed by atoms with Crippen molar-refractivity contribution in [1.82, 2.24) is 15.1 Å². The molecule has 0 saturated heterocycles. The maximum atomic E-state index is 13.0. The third-order valence-corrected chi connectivity index (χ3v) is 4.79. The number of halogens is 1. The van der Waals surface area contributed by atoms with Gasteiger partial charge < -0.3 is 5.32 Å². The van der Waals surface area contributed by atoms with Crippen molar-refractivity contribution in [3.8, 4) is 11.3 Å². The number of nitrogens with zero attached hydrogens (tertiary/aromatic N) is 2. The minimum absolute atomic E-state index is 0.141. The van der Waals surface area contributed by atoms with Gasteiger partial charge in [-0.2, -0.15) is 5.10 Å². The van der Waals surface area contributed by atoms with E-state index in [9.17, 15) is 9.18 Å². The zero-order valence-electron chi connectivity index (χ0n) is 15.5. The zero-order valence-corrected chi connectivity index (χ0v) is 15.5. The van der Waals surface area contributed by atoms with Gasteiger partial charge in [0, 0.05) is 17.5 Å². The van der Waals surface area contributed by atoms with Crippen molar-refractivity contribution in [3.05, 3.63) is 90.2 Å². The molecular weight excluding hydrogens is 353 g/mol. The molecule has 4 rings (SSSR count). The largest absolute Gasteiger partial charge is 0.350 e. The SMILES string of the molecule is C[C@@H](C(=O)NCc1ccc(F)cc1)n1nc(-c2ccccc2)c2ccccc21. The summed E-state index contributed by atoms with van der Waals surface area (Å²) in [5.41, 5.74) is 3.62. The van der Waals surface area contributed by atoms with Crippen molar-refractivity contribution >= 4 is 16.8 Å². The van der Waals surface area contributed by atoms with E-state index in [1.165, 1.54) is 12.1 Å². The van der Waals surface area contributed by atoms with Crippen LogP contribution in [-0.4, -0.2) is 15.7 Å². The van der Waals surface area contributed by atoms with E-state index in [0.29, 0.717) is 6.54 Å². The van der Waals surface area contributed by atoms with Gasteiger partial charge in [0.2, 0.25) is 5.91 Å². The molecule has 140 valence electrons. The average molecular weight is 373 g/mol. The van der Waals surface area contributed by atoms with Crippen molar-refractivity contribution in [1.29, 1.82) is 0 Å². The maximum Gasteiger partial charge on any atom is 0.244 e. The van der Waals surface area contributed by atoms with Crippen molar-refractivity contribution in [3.63, 3.8) is 0 Å². The number of carbonyl (C=O) groups is 1. The molecule has 0 fully saturated rings. The number of fused-ring (bicyclic) bond motifs is 1. The van der Waals surface area contributed by atoms with Gasteiger partial charge in [-0.1, -0.05) is 60.7 Å². The molecule has 0 radical (unpaired) electrons. The number of amides is 1. The first-order valence-electron chi connectivity index (χ1n) is 9.18. The van der Waals surface area contributed by atoms with Gasteiger partial charge in [-0.3, -0.25) is 9.48 Å². The van der Waals surface area contributed by atoms with Gasteiger partial charge in [-0.05, 0) is 30.7 Å². The van der Waals surface area contributed by atoms with Crippen LogP contribution in [0.3, 0.4) is 0 Å². The van der Waals surface area contributed by atoms with Gasteiger partial charge >= 0.3 is 0 Å². The summed E-state index contributed by atoms with van der Waals surface area (Å²) in [5, 5.41) is 8.67. The van der Waals surface area contributed by atoms with Gasteiger partial charge in [0.05, 0.1) is 5.52 Å². The highest BCUT2D eigenvalue weighted by atomic mass is 19.1. The molecule has 0 aliphatic carbocycles. The highest BCUT2D eigenvalue weighted by molar-refractivity contribution is 5.94. The van der Waals surface area contributed by atoms with E-state index >= 15 is 0 Å². The first-order valence-corrected chi connectivity index (χ1v) is 9.18. The van der Waals surface area contributed by atoms with Crippen LogP contribution < -0.4 is 5.32 Å². The summed E-state index contributed by atoms with van der Waals surface area (Å²) < 4.78 is 14.8. The van der Waals surface area contributed by atoms with Gasteiger partial charge in [0.15, 0.2) is 0 Å². The molecule has 1 amide bonds. The summed E-state index contributed by atoms with van der Waals surface area (Å²) in [5.74, 6) is -0.433. The number of nitrogens with one attached hydrogen (secondary N) is 1. The normalized spacial score (nSPS) is 12.1. The van der Waals surface area contributed by atoms with Gasteiger partial charge in [-0.25, -0.2) is 4.39 Å². The fourth-order valence-electron chi connectivity index (χ4n) is 3.24. The average Bonchev–Trinajstić information content (AvgIpc) is 3.13. The topological polar surface area (TPSA) is 46.9 Å².